The molecule has 0 spiro atoms. The van der Waals surface area contributed by atoms with Crippen LogP contribution < -0.4 is 0 Å². The zero-order chi connectivity index (χ0) is 10.3. The van der Waals surface area contributed by atoms with Crippen LogP contribution in [0.1, 0.15) is 18.6 Å². The number of ether oxygens (including phenoxy) is 3. The van der Waals surface area contributed by atoms with E-state index in [2.05, 4.69) is 0 Å². The Labute approximate surface area is 89.1 Å². The lowest BCUT2D eigenvalue weighted by molar-refractivity contribution is -0.186. The highest BCUT2D eigenvalue weighted by molar-refractivity contribution is 4.95. The van der Waals surface area contributed by atoms with Crippen LogP contribution in [0.4, 0.5) is 0 Å². The van der Waals surface area contributed by atoms with Gasteiger partial charge in [-0.3, -0.25) is 0 Å². The minimum Gasteiger partial charge on any atom is -0.467 e. The van der Waals surface area contributed by atoms with Gasteiger partial charge in [0.1, 0.15) is 12.4 Å². The molecule has 1 aromatic heterocycles. The van der Waals surface area contributed by atoms with Crippen LogP contribution in [0.5, 0.6) is 0 Å². The molecule has 4 nitrogen and oxygen atoms in total. The Balaban J connectivity index is 1.54. The van der Waals surface area contributed by atoms with Gasteiger partial charge in [0, 0.05) is 6.42 Å². The Morgan fingerprint density at radius 3 is 2.93 bits per heavy atom. The summed E-state index contributed by atoms with van der Waals surface area (Å²) >= 11 is 0. The van der Waals surface area contributed by atoms with Crippen molar-refractivity contribution >= 4 is 0 Å². The van der Waals surface area contributed by atoms with E-state index in [1.54, 1.807) is 6.26 Å². The van der Waals surface area contributed by atoms with Gasteiger partial charge in [0.25, 0.3) is 0 Å². The lowest BCUT2D eigenvalue weighted by Crippen LogP contribution is -2.26. The van der Waals surface area contributed by atoms with Crippen molar-refractivity contribution in [3.8, 4) is 0 Å². The number of rotatable bonds is 5. The fraction of sp³-hybridized carbons (Fsp3) is 0.636. The zero-order valence-electron chi connectivity index (χ0n) is 8.69. The average molecular weight is 212 g/mol. The van der Waals surface area contributed by atoms with E-state index >= 15 is 0 Å². The standard InChI is InChI=1S/C11H16O4/c1-3-10(13-5-1)9-12-8-4-11-14-6-2-7-15-11/h1,3,5,11H,2,4,6-9H2. The minimum absolute atomic E-state index is 0.0876. The second-order valence-corrected chi connectivity index (χ2v) is 3.45. The Hall–Kier alpha value is -0.840. The zero-order valence-corrected chi connectivity index (χ0v) is 8.69. The van der Waals surface area contributed by atoms with Crippen LogP contribution in [0.25, 0.3) is 0 Å². The molecule has 0 bridgehead atoms. The normalized spacial score (nSPS) is 18.1. The summed E-state index contributed by atoms with van der Waals surface area (Å²) < 4.78 is 21.3. The largest absolute Gasteiger partial charge is 0.467 e. The molecule has 0 aromatic carbocycles. The first kappa shape index (κ1) is 10.7. The van der Waals surface area contributed by atoms with Crippen LogP contribution in [0, 0.1) is 0 Å². The van der Waals surface area contributed by atoms with Crippen LogP contribution in [-0.2, 0) is 20.8 Å². The van der Waals surface area contributed by atoms with Crippen LogP contribution in [-0.4, -0.2) is 26.1 Å². The molecule has 0 amide bonds. The third kappa shape index (κ3) is 3.66. The van der Waals surface area contributed by atoms with E-state index in [1.807, 2.05) is 12.1 Å². The molecule has 1 aromatic rings. The molecule has 0 unspecified atom stereocenters. The first-order valence-corrected chi connectivity index (χ1v) is 5.28. The SMILES string of the molecule is c1coc(COCCC2OCCCO2)c1. The molecule has 0 saturated carbocycles. The monoisotopic (exact) mass is 212 g/mol. The van der Waals surface area contributed by atoms with E-state index in [9.17, 15) is 0 Å². The van der Waals surface area contributed by atoms with E-state index in [4.69, 9.17) is 18.6 Å². The maximum absolute atomic E-state index is 5.43. The molecule has 1 aliphatic heterocycles. The maximum Gasteiger partial charge on any atom is 0.159 e. The molecule has 4 heteroatoms. The summed E-state index contributed by atoms with van der Waals surface area (Å²) in [4.78, 5) is 0. The van der Waals surface area contributed by atoms with Gasteiger partial charge in [-0.15, -0.1) is 0 Å². The lowest BCUT2D eigenvalue weighted by atomic mass is 10.4. The van der Waals surface area contributed by atoms with Crippen molar-refractivity contribution in [1.82, 2.24) is 0 Å². The van der Waals surface area contributed by atoms with Gasteiger partial charge in [-0.1, -0.05) is 0 Å². The number of furan rings is 1. The fourth-order valence-electron chi connectivity index (χ4n) is 1.45. The molecule has 15 heavy (non-hydrogen) atoms. The van der Waals surface area contributed by atoms with Crippen molar-refractivity contribution in [1.29, 1.82) is 0 Å². The topological polar surface area (TPSA) is 40.8 Å². The van der Waals surface area contributed by atoms with E-state index < -0.39 is 0 Å². The van der Waals surface area contributed by atoms with E-state index in [1.165, 1.54) is 0 Å². The van der Waals surface area contributed by atoms with Crippen molar-refractivity contribution in [2.24, 2.45) is 0 Å². The maximum atomic E-state index is 5.43. The molecule has 0 radical (unpaired) electrons. The minimum atomic E-state index is -0.0876. The Kier molecular flexibility index (Phi) is 4.20. The second kappa shape index (κ2) is 5.90. The van der Waals surface area contributed by atoms with Crippen molar-refractivity contribution in [2.45, 2.75) is 25.7 Å². The summed E-state index contributed by atoms with van der Waals surface area (Å²) in [7, 11) is 0. The average Bonchev–Trinajstić information content (AvgIpc) is 2.79. The van der Waals surface area contributed by atoms with Gasteiger partial charge < -0.3 is 18.6 Å². The summed E-state index contributed by atoms with van der Waals surface area (Å²) in [6, 6.07) is 3.75. The predicted molar refractivity (Wildman–Crippen MR) is 53.3 cm³/mol. The molecule has 1 saturated heterocycles. The quantitative estimate of drug-likeness (QED) is 0.699. The predicted octanol–water partition coefficient (Wildman–Crippen LogP) is 1.95. The highest BCUT2D eigenvalue weighted by Gasteiger charge is 2.13. The molecule has 0 N–H and O–H groups in total. The van der Waals surface area contributed by atoms with E-state index in [0.29, 0.717) is 13.2 Å². The highest BCUT2D eigenvalue weighted by Crippen LogP contribution is 2.09. The van der Waals surface area contributed by atoms with Crippen LogP contribution in [0.2, 0.25) is 0 Å². The molecule has 84 valence electrons. The van der Waals surface area contributed by atoms with Crippen LogP contribution in [0.15, 0.2) is 22.8 Å². The van der Waals surface area contributed by atoms with Gasteiger partial charge in [-0.2, -0.15) is 0 Å². The van der Waals surface area contributed by atoms with Gasteiger partial charge >= 0.3 is 0 Å². The molecular formula is C11H16O4. The summed E-state index contributed by atoms with van der Waals surface area (Å²) in [5, 5.41) is 0. The van der Waals surface area contributed by atoms with Gasteiger partial charge in [-0.25, -0.2) is 0 Å². The van der Waals surface area contributed by atoms with E-state index in [-0.39, 0.29) is 6.29 Å². The lowest BCUT2D eigenvalue weighted by Gasteiger charge is -2.22. The molecule has 2 rings (SSSR count). The van der Waals surface area contributed by atoms with Gasteiger partial charge in [0.15, 0.2) is 6.29 Å². The summed E-state index contributed by atoms with van der Waals surface area (Å²) in [6.07, 6.45) is 3.33. The third-order valence-corrected chi connectivity index (χ3v) is 2.22. The van der Waals surface area contributed by atoms with Crippen LogP contribution >= 0.6 is 0 Å². The van der Waals surface area contributed by atoms with Crippen molar-refractivity contribution in [2.75, 3.05) is 19.8 Å². The smallest absolute Gasteiger partial charge is 0.159 e. The molecule has 2 heterocycles. The first-order chi connectivity index (χ1) is 7.45. The fourth-order valence-corrected chi connectivity index (χ4v) is 1.45. The summed E-state index contributed by atoms with van der Waals surface area (Å²) in [5.74, 6) is 0.848. The molecule has 1 aliphatic rings. The Bertz CT molecular complexity index is 252. The molecule has 0 aliphatic carbocycles. The second-order valence-electron chi connectivity index (χ2n) is 3.45. The Morgan fingerprint density at radius 2 is 2.20 bits per heavy atom. The van der Waals surface area contributed by atoms with E-state index in [0.717, 1.165) is 31.8 Å². The molecule has 0 atom stereocenters. The van der Waals surface area contributed by atoms with Crippen LogP contribution in [0.3, 0.4) is 0 Å². The van der Waals surface area contributed by atoms with Gasteiger partial charge in [0.2, 0.25) is 0 Å². The van der Waals surface area contributed by atoms with Gasteiger partial charge in [0.05, 0.1) is 26.1 Å². The van der Waals surface area contributed by atoms with Gasteiger partial charge in [-0.05, 0) is 18.6 Å². The van der Waals surface area contributed by atoms with Crippen molar-refractivity contribution < 1.29 is 18.6 Å². The highest BCUT2D eigenvalue weighted by atomic mass is 16.7. The van der Waals surface area contributed by atoms with Crippen molar-refractivity contribution in [3.05, 3.63) is 24.2 Å². The third-order valence-electron chi connectivity index (χ3n) is 2.22. The number of hydrogen-bond donors (Lipinski definition) is 0. The Morgan fingerprint density at radius 1 is 1.33 bits per heavy atom. The first-order valence-electron chi connectivity index (χ1n) is 5.28. The number of hydrogen-bond acceptors (Lipinski definition) is 4. The van der Waals surface area contributed by atoms with Crippen molar-refractivity contribution in [3.63, 3.8) is 0 Å². The molecule has 1 fully saturated rings. The molecular weight excluding hydrogens is 196 g/mol. The summed E-state index contributed by atoms with van der Waals surface area (Å²) in [5.41, 5.74) is 0. The summed E-state index contributed by atoms with van der Waals surface area (Å²) in [6.45, 7) is 2.73.